The van der Waals surface area contributed by atoms with Crippen molar-refractivity contribution >= 4 is 33.5 Å². The standard InChI is InChI=1S/C11H12IN/c1-7-8(2)13(3)11-6-9(12)4-5-10(7)11/h4-6H,1-3H3. The van der Waals surface area contributed by atoms with Crippen molar-refractivity contribution in [1.82, 2.24) is 4.57 Å². The molecular weight excluding hydrogens is 273 g/mol. The van der Waals surface area contributed by atoms with Gasteiger partial charge in [0.05, 0.1) is 0 Å². The molecule has 1 aromatic heterocycles. The average molecular weight is 285 g/mol. The summed E-state index contributed by atoms with van der Waals surface area (Å²) in [6.07, 6.45) is 0. The lowest BCUT2D eigenvalue weighted by molar-refractivity contribution is 0.910. The summed E-state index contributed by atoms with van der Waals surface area (Å²) in [5.74, 6) is 0. The van der Waals surface area contributed by atoms with Gasteiger partial charge in [-0.15, -0.1) is 0 Å². The number of rotatable bonds is 0. The lowest BCUT2D eigenvalue weighted by Crippen LogP contribution is -1.90. The van der Waals surface area contributed by atoms with Crippen LogP contribution in [0.3, 0.4) is 0 Å². The average Bonchev–Trinajstić information content (AvgIpc) is 2.32. The second kappa shape index (κ2) is 3.01. The van der Waals surface area contributed by atoms with Crippen molar-refractivity contribution in [3.8, 4) is 0 Å². The van der Waals surface area contributed by atoms with Crippen LogP contribution in [0.2, 0.25) is 0 Å². The van der Waals surface area contributed by atoms with Crippen LogP contribution in [0.4, 0.5) is 0 Å². The molecule has 0 bridgehead atoms. The van der Waals surface area contributed by atoms with Crippen LogP contribution in [0.5, 0.6) is 0 Å². The lowest BCUT2D eigenvalue weighted by atomic mass is 10.2. The molecule has 0 fully saturated rings. The monoisotopic (exact) mass is 285 g/mol. The number of benzene rings is 1. The topological polar surface area (TPSA) is 4.93 Å². The lowest BCUT2D eigenvalue weighted by Gasteiger charge is -1.98. The second-order valence-electron chi connectivity index (χ2n) is 3.43. The fourth-order valence-corrected chi connectivity index (χ4v) is 2.20. The van der Waals surface area contributed by atoms with Gasteiger partial charge in [0.15, 0.2) is 0 Å². The van der Waals surface area contributed by atoms with Gasteiger partial charge in [-0.3, -0.25) is 0 Å². The highest BCUT2D eigenvalue weighted by Crippen LogP contribution is 2.25. The summed E-state index contributed by atoms with van der Waals surface area (Å²) in [6, 6.07) is 6.60. The third kappa shape index (κ3) is 1.27. The quantitative estimate of drug-likeness (QED) is 0.654. The Morgan fingerprint density at radius 3 is 2.62 bits per heavy atom. The number of aryl methyl sites for hydroxylation is 2. The third-order valence-corrected chi connectivity index (χ3v) is 3.44. The van der Waals surface area contributed by atoms with E-state index in [1.54, 1.807) is 0 Å². The van der Waals surface area contributed by atoms with E-state index in [0.717, 1.165) is 0 Å². The van der Waals surface area contributed by atoms with Gasteiger partial charge < -0.3 is 4.57 Å². The van der Waals surface area contributed by atoms with Crippen LogP contribution < -0.4 is 0 Å². The summed E-state index contributed by atoms with van der Waals surface area (Å²) < 4.78 is 3.55. The third-order valence-electron chi connectivity index (χ3n) is 2.77. The van der Waals surface area contributed by atoms with Gasteiger partial charge in [0.2, 0.25) is 0 Å². The molecular formula is C11H12IN. The van der Waals surface area contributed by atoms with Crippen LogP contribution in [-0.2, 0) is 7.05 Å². The number of hydrogen-bond acceptors (Lipinski definition) is 0. The Morgan fingerprint density at radius 1 is 1.23 bits per heavy atom. The number of hydrogen-bond donors (Lipinski definition) is 0. The molecule has 0 amide bonds. The molecule has 0 N–H and O–H groups in total. The largest absolute Gasteiger partial charge is 0.348 e. The number of nitrogens with zero attached hydrogens (tertiary/aromatic N) is 1. The first-order valence-electron chi connectivity index (χ1n) is 4.32. The molecule has 0 spiro atoms. The minimum absolute atomic E-state index is 1.30. The van der Waals surface area contributed by atoms with E-state index >= 15 is 0 Å². The molecule has 1 aromatic carbocycles. The maximum atomic E-state index is 2.35. The van der Waals surface area contributed by atoms with Crippen LogP contribution in [0.15, 0.2) is 18.2 Å². The molecule has 0 saturated carbocycles. The Hall–Kier alpha value is -0.510. The van der Waals surface area contributed by atoms with Crippen molar-refractivity contribution < 1.29 is 0 Å². The van der Waals surface area contributed by atoms with E-state index in [4.69, 9.17) is 0 Å². The summed E-state index contributed by atoms with van der Waals surface area (Å²) >= 11 is 2.35. The van der Waals surface area contributed by atoms with Gasteiger partial charge in [0, 0.05) is 27.2 Å². The highest BCUT2D eigenvalue weighted by atomic mass is 127. The van der Waals surface area contributed by atoms with Crippen LogP contribution in [-0.4, -0.2) is 4.57 Å². The zero-order chi connectivity index (χ0) is 9.59. The van der Waals surface area contributed by atoms with Crippen molar-refractivity contribution in [3.05, 3.63) is 33.0 Å². The molecule has 68 valence electrons. The molecule has 0 radical (unpaired) electrons. The summed E-state index contributed by atoms with van der Waals surface area (Å²) in [4.78, 5) is 0. The van der Waals surface area contributed by atoms with Crippen molar-refractivity contribution in [2.75, 3.05) is 0 Å². The second-order valence-corrected chi connectivity index (χ2v) is 4.68. The van der Waals surface area contributed by atoms with Gasteiger partial charge in [-0.25, -0.2) is 0 Å². The van der Waals surface area contributed by atoms with Gasteiger partial charge in [-0.2, -0.15) is 0 Å². The molecule has 0 unspecified atom stereocenters. The highest BCUT2D eigenvalue weighted by Gasteiger charge is 2.07. The van der Waals surface area contributed by atoms with Crippen LogP contribution in [0.1, 0.15) is 11.3 Å². The fourth-order valence-electron chi connectivity index (χ4n) is 1.73. The zero-order valence-electron chi connectivity index (χ0n) is 8.06. The van der Waals surface area contributed by atoms with E-state index in [0.29, 0.717) is 0 Å². The molecule has 1 heterocycles. The predicted molar refractivity (Wildman–Crippen MR) is 65.1 cm³/mol. The first kappa shape index (κ1) is 9.06. The summed E-state index contributed by atoms with van der Waals surface area (Å²) in [6.45, 7) is 4.35. The normalized spacial score (nSPS) is 11.1. The van der Waals surface area contributed by atoms with Gasteiger partial charge in [-0.05, 0) is 54.1 Å². The van der Waals surface area contributed by atoms with Crippen molar-refractivity contribution in [2.24, 2.45) is 7.05 Å². The Bertz CT molecular complexity index is 468. The smallest absolute Gasteiger partial charge is 0.0493 e. The van der Waals surface area contributed by atoms with Crippen LogP contribution in [0, 0.1) is 17.4 Å². The van der Waals surface area contributed by atoms with Gasteiger partial charge in [-0.1, -0.05) is 6.07 Å². The summed E-state index contributed by atoms with van der Waals surface area (Å²) in [5.41, 5.74) is 4.09. The first-order valence-corrected chi connectivity index (χ1v) is 5.40. The van der Waals surface area contributed by atoms with E-state index in [1.165, 1.54) is 25.7 Å². The molecule has 13 heavy (non-hydrogen) atoms. The summed E-state index contributed by atoms with van der Waals surface area (Å²) in [7, 11) is 2.13. The highest BCUT2D eigenvalue weighted by molar-refractivity contribution is 14.1. The molecule has 2 heteroatoms. The van der Waals surface area contributed by atoms with Crippen molar-refractivity contribution in [2.45, 2.75) is 13.8 Å². The van der Waals surface area contributed by atoms with E-state index in [-0.39, 0.29) is 0 Å². The van der Waals surface area contributed by atoms with Crippen LogP contribution >= 0.6 is 22.6 Å². The number of halogens is 1. The SMILES string of the molecule is Cc1c(C)n(C)c2cc(I)ccc12. The molecule has 0 aliphatic heterocycles. The Morgan fingerprint density at radius 2 is 1.92 bits per heavy atom. The minimum atomic E-state index is 1.30. The molecule has 1 nitrogen and oxygen atoms in total. The van der Waals surface area contributed by atoms with Crippen LogP contribution in [0.25, 0.3) is 10.9 Å². The van der Waals surface area contributed by atoms with Gasteiger partial charge in [0.1, 0.15) is 0 Å². The predicted octanol–water partition coefficient (Wildman–Crippen LogP) is 3.40. The van der Waals surface area contributed by atoms with Crippen molar-refractivity contribution in [1.29, 1.82) is 0 Å². The maximum Gasteiger partial charge on any atom is 0.0493 e. The molecule has 0 saturated heterocycles. The Balaban J connectivity index is 2.95. The minimum Gasteiger partial charge on any atom is -0.348 e. The molecule has 0 atom stereocenters. The first-order chi connectivity index (χ1) is 6.11. The van der Waals surface area contributed by atoms with Gasteiger partial charge >= 0.3 is 0 Å². The molecule has 0 aliphatic rings. The number of aromatic nitrogens is 1. The van der Waals surface area contributed by atoms with E-state index in [9.17, 15) is 0 Å². The van der Waals surface area contributed by atoms with E-state index in [2.05, 4.69) is 66.3 Å². The van der Waals surface area contributed by atoms with E-state index in [1.807, 2.05) is 0 Å². The fraction of sp³-hybridized carbons (Fsp3) is 0.273. The molecule has 2 rings (SSSR count). The van der Waals surface area contributed by atoms with E-state index < -0.39 is 0 Å². The summed E-state index contributed by atoms with van der Waals surface area (Å²) in [5, 5.41) is 1.38. The molecule has 2 aromatic rings. The zero-order valence-corrected chi connectivity index (χ0v) is 10.2. The Kier molecular flexibility index (Phi) is 2.10. The maximum absolute atomic E-state index is 2.35. The van der Waals surface area contributed by atoms with Gasteiger partial charge in [0.25, 0.3) is 0 Å². The molecule has 0 aliphatic carbocycles. The Labute approximate surface area is 91.9 Å². The number of fused-ring (bicyclic) bond motifs is 1. The van der Waals surface area contributed by atoms with Crippen molar-refractivity contribution in [3.63, 3.8) is 0 Å².